The predicted molar refractivity (Wildman–Crippen MR) is 41.6 cm³/mol. The maximum atomic E-state index is 12.4. The van der Waals surface area contributed by atoms with Crippen molar-refractivity contribution in [2.75, 3.05) is 0 Å². The molecule has 4 N–H and O–H groups in total. The lowest BCUT2D eigenvalue weighted by molar-refractivity contribution is -0.0589. The minimum atomic E-state index is -1.62. The first-order chi connectivity index (χ1) is 5.61. The maximum Gasteiger partial charge on any atom is 0.171 e. The lowest BCUT2D eigenvalue weighted by Gasteiger charge is -2.13. The summed E-state index contributed by atoms with van der Waals surface area (Å²) in [7, 11) is 0. The molecule has 1 rings (SSSR count). The number of aliphatic hydroxyl groups excluding tert-OH is 1. The Bertz CT molecular complexity index is 248. The van der Waals surface area contributed by atoms with Crippen molar-refractivity contribution in [1.82, 2.24) is 0 Å². The van der Waals surface area contributed by atoms with Crippen LogP contribution in [0.3, 0.4) is 0 Å². The quantitative estimate of drug-likeness (QED) is 0.554. The summed E-state index contributed by atoms with van der Waals surface area (Å²) in [4.78, 5) is 0. The van der Waals surface area contributed by atoms with Crippen LogP contribution >= 0.6 is 0 Å². The summed E-state index contributed by atoms with van der Waals surface area (Å²) in [5, 5.41) is 17.4. The molecule has 1 aromatic carbocycles. The zero-order valence-electron chi connectivity index (χ0n) is 6.31. The normalized spacial score (nSPS) is 13.4. The first-order valence-electron chi connectivity index (χ1n) is 3.48. The van der Waals surface area contributed by atoms with Gasteiger partial charge in [-0.15, -0.1) is 0 Å². The third kappa shape index (κ3) is 2.01. The van der Waals surface area contributed by atoms with Crippen molar-refractivity contribution in [3.63, 3.8) is 0 Å². The molecule has 12 heavy (non-hydrogen) atoms. The first kappa shape index (κ1) is 9.12. The van der Waals surface area contributed by atoms with Crippen LogP contribution in [0.4, 0.5) is 4.39 Å². The van der Waals surface area contributed by atoms with Gasteiger partial charge in [0.05, 0.1) is 6.04 Å². The molecule has 0 spiro atoms. The summed E-state index contributed by atoms with van der Waals surface area (Å²) in [6.45, 7) is 0. The number of hydrogen-bond acceptors (Lipinski definition) is 3. The predicted octanol–water partition coefficient (Wildman–Crippen LogP) is 0.136. The van der Waals surface area contributed by atoms with Crippen LogP contribution in [0.2, 0.25) is 0 Å². The van der Waals surface area contributed by atoms with E-state index in [0.717, 1.165) is 0 Å². The highest BCUT2D eigenvalue weighted by atomic mass is 19.1. The van der Waals surface area contributed by atoms with Crippen molar-refractivity contribution in [2.45, 2.75) is 12.3 Å². The van der Waals surface area contributed by atoms with Crippen LogP contribution in [0, 0.1) is 5.82 Å². The zero-order valence-corrected chi connectivity index (χ0v) is 6.31. The highest BCUT2D eigenvalue weighted by Gasteiger charge is 2.12. The Morgan fingerprint density at radius 1 is 1.17 bits per heavy atom. The van der Waals surface area contributed by atoms with Crippen molar-refractivity contribution in [3.8, 4) is 0 Å². The third-order valence-corrected chi connectivity index (χ3v) is 1.58. The van der Waals surface area contributed by atoms with E-state index >= 15 is 0 Å². The average Bonchev–Trinajstić information content (AvgIpc) is 2.04. The summed E-state index contributed by atoms with van der Waals surface area (Å²) in [5.74, 6) is -0.377. The van der Waals surface area contributed by atoms with Crippen LogP contribution < -0.4 is 5.73 Å². The first-order valence-corrected chi connectivity index (χ1v) is 3.48. The summed E-state index contributed by atoms with van der Waals surface area (Å²) in [6, 6.07) is 4.39. The molecule has 4 heteroatoms. The summed E-state index contributed by atoms with van der Waals surface area (Å²) in [5.41, 5.74) is 5.86. The van der Waals surface area contributed by atoms with E-state index in [4.69, 9.17) is 15.9 Å². The van der Waals surface area contributed by atoms with Gasteiger partial charge in [0.1, 0.15) is 5.82 Å². The van der Waals surface area contributed by atoms with Gasteiger partial charge in [-0.05, 0) is 17.7 Å². The van der Waals surface area contributed by atoms with Crippen molar-refractivity contribution < 1.29 is 14.6 Å². The second-order valence-electron chi connectivity index (χ2n) is 2.49. The van der Waals surface area contributed by atoms with Gasteiger partial charge in [0, 0.05) is 0 Å². The van der Waals surface area contributed by atoms with Crippen LogP contribution in [-0.2, 0) is 0 Å². The Kier molecular flexibility index (Phi) is 2.75. The van der Waals surface area contributed by atoms with Gasteiger partial charge in [-0.2, -0.15) is 0 Å². The molecule has 1 aromatic rings. The van der Waals surface area contributed by atoms with E-state index in [-0.39, 0.29) is 5.82 Å². The molecule has 0 amide bonds. The Hall–Kier alpha value is -0.970. The molecule has 0 bridgehead atoms. The zero-order chi connectivity index (χ0) is 9.14. The average molecular weight is 171 g/mol. The number of benzene rings is 1. The molecule has 0 aliphatic rings. The summed E-state index contributed by atoms with van der Waals surface area (Å²) < 4.78 is 12.4. The Labute approximate surface area is 69.3 Å². The lowest BCUT2D eigenvalue weighted by Crippen LogP contribution is -2.25. The largest absolute Gasteiger partial charge is 0.366 e. The molecule has 0 unspecified atom stereocenters. The number of hydrogen-bond donors (Lipinski definition) is 3. The number of halogens is 1. The van der Waals surface area contributed by atoms with Crippen LogP contribution in [0.25, 0.3) is 0 Å². The molecular formula is C8H10FNO2. The molecule has 3 nitrogen and oxygen atoms in total. The topological polar surface area (TPSA) is 66.5 Å². The Morgan fingerprint density at radius 2 is 1.67 bits per heavy atom. The molecular weight excluding hydrogens is 161 g/mol. The van der Waals surface area contributed by atoms with Crippen molar-refractivity contribution >= 4 is 0 Å². The second-order valence-corrected chi connectivity index (χ2v) is 2.49. The van der Waals surface area contributed by atoms with Crippen LogP contribution in [0.1, 0.15) is 11.6 Å². The Morgan fingerprint density at radius 3 is 2.08 bits per heavy atom. The molecule has 0 saturated heterocycles. The fraction of sp³-hybridized carbons (Fsp3) is 0.250. The fourth-order valence-corrected chi connectivity index (χ4v) is 0.857. The van der Waals surface area contributed by atoms with Gasteiger partial charge in [0.25, 0.3) is 0 Å². The van der Waals surface area contributed by atoms with E-state index < -0.39 is 12.3 Å². The van der Waals surface area contributed by atoms with Gasteiger partial charge in [-0.1, -0.05) is 12.1 Å². The van der Waals surface area contributed by atoms with Gasteiger partial charge < -0.3 is 15.9 Å². The van der Waals surface area contributed by atoms with E-state index in [1.54, 1.807) is 0 Å². The standard InChI is InChI=1S/C8H10FNO2/c9-6-3-1-5(2-4-6)7(10)8(11)12/h1-4,7-8,11-12H,10H2/t7-/m1/s1. The molecule has 1 atom stereocenters. The van der Waals surface area contributed by atoms with Crippen LogP contribution in [0.5, 0.6) is 0 Å². The van der Waals surface area contributed by atoms with Gasteiger partial charge in [-0.3, -0.25) is 0 Å². The third-order valence-electron chi connectivity index (χ3n) is 1.58. The highest BCUT2D eigenvalue weighted by Crippen LogP contribution is 2.12. The molecule has 0 saturated carbocycles. The van der Waals surface area contributed by atoms with Crippen molar-refractivity contribution in [3.05, 3.63) is 35.6 Å². The van der Waals surface area contributed by atoms with Crippen LogP contribution in [0.15, 0.2) is 24.3 Å². The lowest BCUT2D eigenvalue weighted by atomic mass is 10.1. The Balaban J connectivity index is 2.82. The molecule has 0 radical (unpaired) electrons. The number of nitrogens with two attached hydrogens (primary N) is 1. The summed E-state index contributed by atoms with van der Waals surface area (Å²) in [6.07, 6.45) is -1.62. The van der Waals surface area contributed by atoms with Crippen LogP contribution in [-0.4, -0.2) is 16.5 Å². The smallest absolute Gasteiger partial charge is 0.171 e. The minimum absolute atomic E-state index is 0.377. The van der Waals surface area contributed by atoms with Crippen molar-refractivity contribution in [2.24, 2.45) is 5.73 Å². The minimum Gasteiger partial charge on any atom is -0.366 e. The molecule has 0 fully saturated rings. The highest BCUT2D eigenvalue weighted by molar-refractivity contribution is 5.19. The van der Waals surface area contributed by atoms with E-state index in [1.165, 1.54) is 24.3 Å². The maximum absolute atomic E-state index is 12.4. The van der Waals surface area contributed by atoms with Gasteiger partial charge in [0.2, 0.25) is 0 Å². The van der Waals surface area contributed by atoms with Gasteiger partial charge >= 0.3 is 0 Å². The molecule has 0 heterocycles. The van der Waals surface area contributed by atoms with Gasteiger partial charge in [-0.25, -0.2) is 4.39 Å². The number of aliphatic hydroxyl groups is 2. The molecule has 0 aliphatic carbocycles. The molecule has 0 aliphatic heterocycles. The van der Waals surface area contributed by atoms with Gasteiger partial charge in [0.15, 0.2) is 6.29 Å². The second kappa shape index (κ2) is 3.62. The summed E-state index contributed by atoms with van der Waals surface area (Å²) >= 11 is 0. The monoisotopic (exact) mass is 171 g/mol. The van der Waals surface area contributed by atoms with E-state index in [9.17, 15) is 4.39 Å². The molecule has 0 aromatic heterocycles. The van der Waals surface area contributed by atoms with E-state index in [0.29, 0.717) is 5.56 Å². The van der Waals surface area contributed by atoms with E-state index in [2.05, 4.69) is 0 Å². The van der Waals surface area contributed by atoms with Crippen molar-refractivity contribution in [1.29, 1.82) is 0 Å². The molecule has 66 valence electrons. The number of rotatable bonds is 2. The van der Waals surface area contributed by atoms with E-state index in [1.807, 2.05) is 0 Å². The fourth-order valence-electron chi connectivity index (χ4n) is 0.857. The SMILES string of the molecule is N[C@H](c1ccc(F)cc1)C(O)O.